The molecule has 2 aromatic rings. The zero-order valence-electron chi connectivity index (χ0n) is 14.1. The van der Waals surface area contributed by atoms with Crippen molar-refractivity contribution in [3.63, 3.8) is 0 Å². The summed E-state index contributed by atoms with van der Waals surface area (Å²) in [7, 11) is 1.19. The van der Waals surface area contributed by atoms with Gasteiger partial charge in [0.1, 0.15) is 5.82 Å². The molecule has 7 nitrogen and oxygen atoms in total. The van der Waals surface area contributed by atoms with E-state index in [2.05, 4.69) is 15.0 Å². The number of anilines is 1. The second-order valence-electron chi connectivity index (χ2n) is 6.08. The van der Waals surface area contributed by atoms with Crippen molar-refractivity contribution in [2.24, 2.45) is 0 Å². The van der Waals surface area contributed by atoms with E-state index in [0.717, 1.165) is 11.6 Å². The molecule has 0 saturated heterocycles. The standard InChI is InChI=1S/C17H18FN3O4/c1-17(2,12-4-6-13(18)7-5-12)10-20-15-14(21(23)24)8-11(9-19-15)16(22)25-3/h4-9H,10H2,1-3H3,(H,19,20). The van der Waals surface area contributed by atoms with Crippen LogP contribution in [0.4, 0.5) is 15.9 Å². The highest BCUT2D eigenvalue weighted by atomic mass is 19.1. The molecule has 0 bridgehead atoms. The number of ether oxygens (including phenoxy) is 1. The molecule has 0 unspecified atom stereocenters. The smallest absolute Gasteiger partial charge is 0.339 e. The molecule has 0 fully saturated rings. The van der Waals surface area contributed by atoms with Gasteiger partial charge in [0.05, 0.1) is 17.6 Å². The van der Waals surface area contributed by atoms with Crippen LogP contribution in [0.3, 0.4) is 0 Å². The Hall–Kier alpha value is -3.03. The van der Waals surface area contributed by atoms with Gasteiger partial charge in [-0.05, 0) is 17.7 Å². The van der Waals surface area contributed by atoms with Gasteiger partial charge in [0.15, 0.2) is 0 Å². The number of rotatable bonds is 6. The topological polar surface area (TPSA) is 94.4 Å². The van der Waals surface area contributed by atoms with Gasteiger partial charge in [0.25, 0.3) is 0 Å². The molecule has 1 aromatic carbocycles. The average molecular weight is 347 g/mol. The highest BCUT2D eigenvalue weighted by Gasteiger charge is 2.24. The van der Waals surface area contributed by atoms with Crippen LogP contribution in [0.1, 0.15) is 29.8 Å². The van der Waals surface area contributed by atoms with Gasteiger partial charge < -0.3 is 10.1 Å². The second kappa shape index (κ2) is 7.25. The summed E-state index contributed by atoms with van der Waals surface area (Å²) in [4.78, 5) is 26.1. The molecule has 0 aliphatic carbocycles. The number of nitro groups is 1. The second-order valence-corrected chi connectivity index (χ2v) is 6.08. The van der Waals surface area contributed by atoms with Crippen molar-refractivity contribution in [3.8, 4) is 0 Å². The normalized spacial score (nSPS) is 11.0. The molecule has 1 N–H and O–H groups in total. The van der Waals surface area contributed by atoms with Crippen LogP contribution in [-0.2, 0) is 10.2 Å². The van der Waals surface area contributed by atoms with Gasteiger partial charge in [-0.3, -0.25) is 10.1 Å². The largest absolute Gasteiger partial charge is 0.465 e. The number of nitrogens with one attached hydrogen (secondary N) is 1. The van der Waals surface area contributed by atoms with Crippen molar-refractivity contribution in [3.05, 3.63) is 63.6 Å². The number of esters is 1. The maximum Gasteiger partial charge on any atom is 0.339 e. The van der Waals surface area contributed by atoms with Gasteiger partial charge in [0, 0.05) is 24.2 Å². The fourth-order valence-electron chi connectivity index (χ4n) is 2.27. The Morgan fingerprint density at radius 1 is 1.36 bits per heavy atom. The fourth-order valence-corrected chi connectivity index (χ4v) is 2.27. The molecule has 0 spiro atoms. The first-order chi connectivity index (χ1) is 11.7. The van der Waals surface area contributed by atoms with Crippen molar-refractivity contribution in [2.45, 2.75) is 19.3 Å². The van der Waals surface area contributed by atoms with Crippen molar-refractivity contribution in [2.75, 3.05) is 19.0 Å². The lowest BCUT2D eigenvalue weighted by Gasteiger charge is -2.25. The number of benzene rings is 1. The van der Waals surface area contributed by atoms with E-state index in [1.807, 2.05) is 13.8 Å². The van der Waals surface area contributed by atoms with Gasteiger partial charge in [0.2, 0.25) is 5.82 Å². The lowest BCUT2D eigenvalue weighted by molar-refractivity contribution is -0.384. The van der Waals surface area contributed by atoms with E-state index in [0.29, 0.717) is 6.54 Å². The molecule has 132 valence electrons. The molecule has 1 aromatic heterocycles. The number of nitrogens with zero attached hydrogens (tertiary/aromatic N) is 2. The summed E-state index contributed by atoms with van der Waals surface area (Å²) >= 11 is 0. The van der Waals surface area contributed by atoms with Gasteiger partial charge in [-0.1, -0.05) is 26.0 Å². The third kappa shape index (κ3) is 4.28. The molecule has 25 heavy (non-hydrogen) atoms. The number of hydrogen-bond acceptors (Lipinski definition) is 6. The number of aromatic nitrogens is 1. The highest BCUT2D eigenvalue weighted by molar-refractivity contribution is 5.90. The fraction of sp³-hybridized carbons (Fsp3) is 0.294. The van der Waals surface area contributed by atoms with E-state index in [9.17, 15) is 19.3 Å². The first-order valence-corrected chi connectivity index (χ1v) is 7.47. The average Bonchev–Trinajstić information content (AvgIpc) is 2.59. The number of hydrogen-bond donors (Lipinski definition) is 1. The monoisotopic (exact) mass is 347 g/mol. The summed E-state index contributed by atoms with van der Waals surface area (Å²) in [6, 6.07) is 7.18. The van der Waals surface area contributed by atoms with Gasteiger partial charge in [-0.2, -0.15) is 0 Å². The number of pyridine rings is 1. The van der Waals surface area contributed by atoms with Crippen molar-refractivity contribution < 1.29 is 18.8 Å². The summed E-state index contributed by atoms with van der Waals surface area (Å²) in [5.74, 6) is -0.982. The van der Waals surface area contributed by atoms with Gasteiger partial charge in [-0.25, -0.2) is 14.2 Å². The van der Waals surface area contributed by atoms with Crippen molar-refractivity contribution in [1.29, 1.82) is 0 Å². The molecule has 0 aliphatic rings. The highest BCUT2D eigenvalue weighted by Crippen LogP contribution is 2.27. The Morgan fingerprint density at radius 2 is 2.00 bits per heavy atom. The Kier molecular flexibility index (Phi) is 5.31. The van der Waals surface area contributed by atoms with E-state index >= 15 is 0 Å². The zero-order chi connectivity index (χ0) is 18.6. The van der Waals surface area contributed by atoms with Crippen LogP contribution in [-0.4, -0.2) is 29.5 Å². The van der Waals surface area contributed by atoms with E-state index in [-0.39, 0.29) is 22.9 Å². The first-order valence-electron chi connectivity index (χ1n) is 7.47. The van der Waals surface area contributed by atoms with Gasteiger partial charge >= 0.3 is 11.7 Å². The molecule has 0 atom stereocenters. The molecule has 8 heteroatoms. The Balaban J connectivity index is 2.23. The molecule has 0 amide bonds. The Labute approximate surface area is 144 Å². The molecule has 2 rings (SSSR count). The third-order valence-corrected chi connectivity index (χ3v) is 3.81. The van der Waals surface area contributed by atoms with Crippen LogP contribution in [0, 0.1) is 15.9 Å². The minimum atomic E-state index is -0.700. The van der Waals surface area contributed by atoms with Crippen LogP contribution in [0.25, 0.3) is 0 Å². The van der Waals surface area contributed by atoms with Crippen LogP contribution in [0.5, 0.6) is 0 Å². The summed E-state index contributed by atoms with van der Waals surface area (Å²) in [6.07, 6.45) is 1.21. The predicted molar refractivity (Wildman–Crippen MR) is 90.1 cm³/mol. The lowest BCUT2D eigenvalue weighted by Crippen LogP contribution is -2.28. The molecule has 0 radical (unpaired) electrons. The SMILES string of the molecule is COC(=O)c1cnc(NCC(C)(C)c2ccc(F)cc2)c([N+](=O)[O-])c1. The molecule has 1 heterocycles. The predicted octanol–water partition coefficient (Wildman–Crippen LogP) is 3.31. The van der Waals surface area contributed by atoms with E-state index in [1.54, 1.807) is 12.1 Å². The summed E-state index contributed by atoms with van der Waals surface area (Å²) < 4.78 is 17.6. The minimum absolute atomic E-state index is 0.00227. The molecule has 0 aliphatic heterocycles. The molecular formula is C17H18FN3O4. The van der Waals surface area contributed by atoms with E-state index in [4.69, 9.17) is 0 Å². The maximum absolute atomic E-state index is 13.1. The van der Waals surface area contributed by atoms with Crippen LogP contribution in [0.2, 0.25) is 0 Å². The Morgan fingerprint density at radius 3 is 2.56 bits per heavy atom. The number of carbonyl (C=O) groups excluding carboxylic acids is 1. The first kappa shape index (κ1) is 18.3. The Bertz CT molecular complexity index is 791. The van der Waals surface area contributed by atoms with Gasteiger partial charge in [-0.15, -0.1) is 0 Å². The van der Waals surface area contributed by atoms with E-state index in [1.165, 1.54) is 25.4 Å². The lowest BCUT2D eigenvalue weighted by atomic mass is 9.84. The molecular weight excluding hydrogens is 329 g/mol. The van der Waals surface area contributed by atoms with Crippen LogP contribution in [0.15, 0.2) is 36.5 Å². The van der Waals surface area contributed by atoms with Crippen molar-refractivity contribution >= 4 is 17.5 Å². The zero-order valence-corrected chi connectivity index (χ0v) is 14.1. The minimum Gasteiger partial charge on any atom is -0.465 e. The number of carbonyl (C=O) groups is 1. The molecule has 0 saturated carbocycles. The maximum atomic E-state index is 13.1. The summed E-state index contributed by atoms with van der Waals surface area (Å²) in [5.41, 5.74) is 0.121. The third-order valence-electron chi connectivity index (χ3n) is 3.81. The number of methoxy groups -OCH3 is 1. The van der Waals surface area contributed by atoms with Crippen LogP contribution < -0.4 is 5.32 Å². The summed E-state index contributed by atoms with van der Waals surface area (Å²) in [6.45, 7) is 4.16. The van der Waals surface area contributed by atoms with Crippen LogP contribution >= 0.6 is 0 Å². The van der Waals surface area contributed by atoms with E-state index < -0.39 is 16.3 Å². The van der Waals surface area contributed by atoms with Crippen molar-refractivity contribution in [1.82, 2.24) is 4.98 Å². The summed E-state index contributed by atoms with van der Waals surface area (Å²) in [5, 5.41) is 14.2. The quantitative estimate of drug-likeness (QED) is 0.489. The number of halogens is 1.